The first-order valence-electron chi connectivity index (χ1n) is 5.21. The van der Waals surface area contributed by atoms with Gasteiger partial charge in [-0.1, -0.05) is 0 Å². The highest BCUT2D eigenvalue weighted by molar-refractivity contribution is 5.81. The third kappa shape index (κ3) is 8.35. The monoisotopic (exact) mass is 218 g/mol. The van der Waals surface area contributed by atoms with Crippen LogP contribution >= 0.6 is 0 Å². The van der Waals surface area contributed by atoms with Crippen molar-refractivity contribution in [3.05, 3.63) is 0 Å². The Morgan fingerprint density at radius 2 is 2.07 bits per heavy atom. The van der Waals surface area contributed by atoms with Gasteiger partial charge in [0.25, 0.3) is 0 Å². The molecule has 0 aliphatic heterocycles. The van der Waals surface area contributed by atoms with Crippen molar-refractivity contribution in [2.45, 2.75) is 32.4 Å². The van der Waals surface area contributed by atoms with E-state index in [2.05, 4.69) is 5.32 Å². The zero-order valence-electron chi connectivity index (χ0n) is 9.79. The fourth-order valence-electron chi connectivity index (χ4n) is 0.976. The molecule has 5 nitrogen and oxygen atoms in total. The van der Waals surface area contributed by atoms with Crippen LogP contribution in [0.2, 0.25) is 0 Å². The number of amides is 1. The van der Waals surface area contributed by atoms with Crippen LogP contribution in [0.25, 0.3) is 0 Å². The normalized spacial score (nSPS) is 12.9. The Morgan fingerprint density at radius 1 is 1.40 bits per heavy atom. The van der Waals surface area contributed by atoms with Crippen molar-refractivity contribution in [1.82, 2.24) is 5.32 Å². The maximum Gasteiger partial charge on any atom is 0.237 e. The van der Waals surface area contributed by atoms with E-state index in [4.69, 9.17) is 15.2 Å². The molecule has 5 heteroatoms. The highest BCUT2D eigenvalue weighted by Gasteiger charge is 2.11. The minimum absolute atomic E-state index is 0.153. The van der Waals surface area contributed by atoms with Crippen molar-refractivity contribution in [2.75, 3.05) is 26.9 Å². The van der Waals surface area contributed by atoms with E-state index in [-0.39, 0.29) is 12.0 Å². The van der Waals surface area contributed by atoms with Gasteiger partial charge in [-0.05, 0) is 20.3 Å². The number of nitrogens with two attached hydrogens (primary N) is 1. The number of carbonyl (C=O) groups is 1. The van der Waals surface area contributed by atoms with Gasteiger partial charge < -0.3 is 20.5 Å². The molecule has 0 saturated carbocycles. The largest absolute Gasteiger partial charge is 0.385 e. The fourth-order valence-corrected chi connectivity index (χ4v) is 0.976. The Balaban J connectivity index is 3.47. The molecule has 0 fully saturated rings. The molecule has 1 atom stereocenters. The molecule has 1 unspecified atom stereocenters. The van der Waals surface area contributed by atoms with E-state index < -0.39 is 6.04 Å². The van der Waals surface area contributed by atoms with Gasteiger partial charge in [-0.2, -0.15) is 0 Å². The van der Waals surface area contributed by atoms with E-state index in [0.29, 0.717) is 26.2 Å². The van der Waals surface area contributed by atoms with Gasteiger partial charge in [-0.25, -0.2) is 0 Å². The highest BCUT2D eigenvalue weighted by atomic mass is 16.5. The van der Waals surface area contributed by atoms with Crippen LogP contribution in [0.5, 0.6) is 0 Å². The number of methoxy groups -OCH3 is 1. The van der Waals surface area contributed by atoms with Crippen LogP contribution in [0, 0.1) is 0 Å². The van der Waals surface area contributed by atoms with Crippen LogP contribution in [0.15, 0.2) is 0 Å². The molecule has 0 spiro atoms. The molecule has 90 valence electrons. The molecule has 15 heavy (non-hydrogen) atoms. The van der Waals surface area contributed by atoms with E-state index >= 15 is 0 Å². The van der Waals surface area contributed by atoms with E-state index in [9.17, 15) is 4.79 Å². The van der Waals surface area contributed by atoms with Crippen molar-refractivity contribution in [1.29, 1.82) is 0 Å². The Labute approximate surface area is 91.3 Å². The van der Waals surface area contributed by atoms with Crippen molar-refractivity contribution < 1.29 is 14.3 Å². The number of rotatable bonds is 8. The smallest absolute Gasteiger partial charge is 0.237 e. The van der Waals surface area contributed by atoms with Gasteiger partial charge in [0.05, 0.1) is 18.8 Å². The number of ether oxygens (including phenoxy) is 2. The number of carbonyl (C=O) groups excluding carboxylic acids is 1. The summed E-state index contributed by atoms with van der Waals surface area (Å²) in [4.78, 5) is 11.3. The first kappa shape index (κ1) is 14.3. The molecule has 0 heterocycles. The van der Waals surface area contributed by atoms with Gasteiger partial charge in [-0.3, -0.25) is 4.79 Å². The summed E-state index contributed by atoms with van der Waals surface area (Å²) >= 11 is 0. The van der Waals surface area contributed by atoms with E-state index in [1.54, 1.807) is 7.11 Å². The second-order valence-electron chi connectivity index (χ2n) is 3.60. The second-order valence-corrected chi connectivity index (χ2v) is 3.60. The molecule has 0 aromatic heterocycles. The van der Waals surface area contributed by atoms with E-state index in [1.807, 2.05) is 13.8 Å². The minimum atomic E-state index is -0.496. The Hall–Kier alpha value is -0.650. The van der Waals surface area contributed by atoms with Gasteiger partial charge in [0.2, 0.25) is 5.91 Å². The standard InChI is InChI=1S/C10H22N2O3/c1-8(2)15-7-5-12-10(13)9(11)4-6-14-3/h8-9H,4-7,11H2,1-3H3,(H,12,13). The molecule has 1 amide bonds. The molecule has 0 aromatic rings. The molecule has 0 bridgehead atoms. The van der Waals surface area contributed by atoms with Gasteiger partial charge in [0.15, 0.2) is 0 Å². The molecular weight excluding hydrogens is 196 g/mol. The average molecular weight is 218 g/mol. The first-order chi connectivity index (χ1) is 7.07. The number of nitrogens with one attached hydrogen (secondary N) is 1. The quantitative estimate of drug-likeness (QED) is 0.558. The predicted octanol–water partition coefficient (Wildman–Crippen LogP) is -0.109. The Bertz CT molecular complexity index is 174. The molecule has 0 aliphatic carbocycles. The lowest BCUT2D eigenvalue weighted by Gasteiger charge is -2.12. The summed E-state index contributed by atoms with van der Waals surface area (Å²) in [6.45, 7) is 5.41. The van der Waals surface area contributed by atoms with Crippen LogP contribution in [-0.4, -0.2) is 44.9 Å². The summed E-state index contributed by atoms with van der Waals surface area (Å²) in [6, 6.07) is -0.496. The van der Waals surface area contributed by atoms with Crippen molar-refractivity contribution in [3.8, 4) is 0 Å². The minimum Gasteiger partial charge on any atom is -0.385 e. The maximum absolute atomic E-state index is 11.3. The lowest BCUT2D eigenvalue weighted by atomic mass is 10.2. The second kappa shape index (κ2) is 8.64. The van der Waals surface area contributed by atoms with Crippen LogP contribution in [-0.2, 0) is 14.3 Å². The number of hydrogen-bond donors (Lipinski definition) is 2. The van der Waals surface area contributed by atoms with Crippen molar-refractivity contribution >= 4 is 5.91 Å². The van der Waals surface area contributed by atoms with Crippen molar-refractivity contribution in [2.24, 2.45) is 5.73 Å². The summed E-state index contributed by atoms with van der Waals surface area (Å²) in [6.07, 6.45) is 0.719. The lowest BCUT2D eigenvalue weighted by Crippen LogP contribution is -2.42. The predicted molar refractivity (Wildman–Crippen MR) is 58.6 cm³/mol. The zero-order chi connectivity index (χ0) is 11.7. The Kier molecular flexibility index (Phi) is 8.27. The molecule has 0 aliphatic rings. The lowest BCUT2D eigenvalue weighted by molar-refractivity contribution is -0.123. The zero-order valence-corrected chi connectivity index (χ0v) is 9.79. The summed E-state index contributed by atoms with van der Waals surface area (Å²) in [7, 11) is 1.58. The molecule has 3 N–H and O–H groups in total. The third-order valence-electron chi connectivity index (χ3n) is 1.82. The van der Waals surface area contributed by atoms with Crippen LogP contribution < -0.4 is 11.1 Å². The van der Waals surface area contributed by atoms with Gasteiger partial charge in [0, 0.05) is 20.3 Å². The summed E-state index contributed by atoms with van der Waals surface area (Å²) in [5, 5.41) is 2.70. The fraction of sp³-hybridized carbons (Fsp3) is 0.900. The summed E-state index contributed by atoms with van der Waals surface area (Å²) in [5.41, 5.74) is 5.61. The topological polar surface area (TPSA) is 73.6 Å². The maximum atomic E-state index is 11.3. The van der Waals surface area contributed by atoms with Gasteiger partial charge in [0.1, 0.15) is 0 Å². The summed E-state index contributed by atoms with van der Waals surface area (Å²) < 4.78 is 10.1. The van der Waals surface area contributed by atoms with Crippen LogP contribution in [0.1, 0.15) is 20.3 Å². The Morgan fingerprint density at radius 3 is 2.60 bits per heavy atom. The van der Waals surface area contributed by atoms with Crippen molar-refractivity contribution in [3.63, 3.8) is 0 Å². The summed E-state index contributed by atoms with van der Waals surface area (Å²) in [5.74, 6) is -0.153. The van der Waals surface area contributed by atoms with E-state index in [0.717, 1.165) is 0 Å². The van der Waals surface area contributed by atoms with E-state index in [1.165, 1.54) is 0 Å². The number of hydrogen-bond acceptors (Lipinski definition) is 4. The molecule has 0 aromatic carbocycles. The third-order valence-corrected chi connectivity index (χ3v) is 1.82. The average Bonchev–Trinajstić information content (AvgIpc) is 2.20. The SMILES string of the molecule is COCCC(N)C(=O)NCCOC(C)C. The van der Waals surface area contributed by atoms with Crippen LogP contribution in [0.4, 0.5) is 0 Å². The molecule has 0 radical (unpaired) electrons. The van der Waals surface area contributed by atoms with Gasteiger partial charge in [-0.15, -0.1) is 0 Å². The molecule has 0 saturated heterocycles. The molecule has 0 rings (SSSR count). The van der Waals surface area contributed by atoms with Crippen LogP contribution in [0.3, 0.4) is 0 Å². The highest BCUT2D eigenvalue weighted by Crippen LogP contribution is 1.89. The van der Waals surface area contributed by atoms with Gasteiger partial charge >= 0.3 is 0 Å². The molecular formula is C10H22N2O3. The first-order valence-corrected chi connectivity index (χ1v) is 5.21.